The number of esters is 1. The first kappa shape index (κ1) is 13.9. The van der Waals surface area contributed by atoms with Crippen molar-refractivity contribution in [2.45, 2.75) is 0 Å². The van der Waals surface area contributed by atoms with Crippen LogP contribution in [0.25, 0.3) is 6.08 Å². The monoisotopic (exact) mass is 317 g/mol. The van der Waals surface area contributed by atoms with Gasteiger partial charge >= 0.3 is 5.97 Å². The van der Waals surface area contributed by atoms with Gasteiger partial charge in [-0.2, -0.15) is 0 Å². The van der Waals surface area contributed by atoms with Gasteiger partial charge in [0.25, 0.3) is 0 Å². The molecule has 0 fully saturated rings. The van der Waals surface area contributed by atoms with E-state index in [1.807, 2.05) is 12.1 Å². The molecule has 0 saturated heterocycles. The molecular weight excluding hydrogens is 309 g/mol. The molecule has 0 spiro atoms. The lowest BCUT2D eigenvalue weighted by Gasteiger charge is -1.99. The number of carbonyl (C=O) groups excluding carboxylic acids is 1. The number of aliphatic imine (C=N–C) groups is 1. The van der Waals surface area contributed by atoms with Gasteiger partial charge in [0.05, 0.1) is 0 Å². The minimum absolute atomic E-state index is 0.207. The van der Waals surface area contributed by atoms with Crippen molar-refractivity contribution in [1.82, 2.24) is 0 Å². The number of hydrogen-bond acceptors (Lipinski definition) is 3. The van der Waals surface area contributed by atoms with Gasteiger partial charge in [-0.05, 0) is 35.9 Å². The van der Waals surface area contributed by atoms with Crippen molar-refractivity contribution in [3.8, 4) is 0 Å². The van der Waals surface area contributed by atoms with Crippen molar-refractivity contribution in [2.75, 3.05) is 0 Å². The van der Waals surface area contributed by atoms with Gasteiger partial charge in [-0.25, -0.2) is 9.79 Å². The predicted molar refractivity (Wildman–Crippen MR) is 83.5 cm³/mol. The van der Waals surface area contributed by atoms with Crippen LogP contribution in [-0.2, 0) is 9.53 Å². The van der Waals surface area contributed by atoms with Gasteiger partial charge < -0.3 is 4.74 Å². The Labute approximate surface area is 131 Å². The molecule has 2 aromatic rings. The Kier molecular flexibility index (Phi) is 3.78. The number of ether oxygens (including phenoxy) is 1. The Morgan fingerprint density at radius 2 is 1.86 bits per heavy atom. The van der Waals surface area contributed by atoms with E-state index in [4.69, 9.17) is 27.9 Å². The van der Waals surface area contributed by atoms with E-state index < -0.39 is 5.97 Å². The normalized spacial score (nSPS) is 16.0. The second-order valence-electron chi connectivity index (χ2n) is 4.37. The zero-order chi connectivity index (χ0) is 14.8. The van der Waals surface area contributed by atoms with Gasteiger partial charge in [-0.1, -0.05) is 47.5 Å². The smallest absolute Gasteiger partial charge is 0.363 e. The molecule has 0 aliphatic carbocycles. The molecule has 0 aromatic heterocycles. The molecule has 0 amide bonds. The van der Waals surface area contributed by atoms with E-state index in [9.17, 15) is 4.79 Å². The highest BCUT2D eigenvalue weighted by Gasteiger charge is 2.24. The van der Waals surface area contributed by atoms with Crippen LogP contribution in [0.4, 0.5) is 0 Å². The quantitative estimate of drug-likeness (QED) is 0.610. The molecule has 3 nitrogen and oxygen atoms in total. The zero-order valence-corrected chi connectivity index (χ0v) is 12.2. The van der Waals surface area contributed by atoms with Crippen LogP contribution in [0.5, 0.6) is 0 Å². The first-order valence-corrected chi connectivity index (χ1v) is 6.92. The summed E-state index contributed by atoms with van der Waals surface area (Å²) in [5.41, 5.74) is 1.57. The lowest BCUT2D eigenvalue weighted by molar-refractivity contribution is -0.129. The molecule has 2 aromatic carbocycles. The number of benzene rings is 2. The van der Waals surface area contributed by atoms with Crippen LogP contribution >= 0.6 is 23.2 Å². The van der Waals surface area contributed by atoms with Crippen molar-refractivity contribution in [3.63, 3.8) is 0 Å². The Hall–Kier alpha value is -2.10. The van der Waals surface area contributed by atoms with Crippen LogP contribution in [0, 0.1) is 0 Å². The summed E-state index contributed by atoms with van der Waals surface area (Å²) in [6.07, 6.45) is 1.60. The topological polar surface area (TPSA) is 38.7 Å². The number of hydrogen-bond donors (Lipinski definition) is 0. The fraction of sp³-hybridized carbons (Fsp3) is 0. The van der Waals surface area contributed by atoms with E-state index in [0.717, 1.165) is 0 Å². The van der Waals surface area contributed by atoms with Crippen LogP contribution in [0.15, 0.2) is 59.2 Å². The highest BCUT2D eigenvalue weighted by atomic mass is 35.5. The fourth-order valence-electron chi connectivity index (χ4n) is 1.89. The molecule has 1 heterocycles. The summed E-state index contributed by atoms with van der Waals surface area (Å²) in [6, 6.07) is 14.2. The summed E-state index contributed by atoms with van der Waals surface area (Å²) in [5.74, 6) is -0.273. The first-order valence-electron chi connectivity index (χ1n) is 6.16. The highest BCUT2D eigenvalue weighted by molar-refractivity contribution is 6.32. The van der Waals surface area contributed by atoms with Crippen LogP contribution in [0.2, 0.25) is 10.0 Å². The molecular formula is C16H9Cl2NO2. The van der Waals surface area contributed by atoms with E-state index >= 15 is 0 Å². The third kappa shape index (κ3) is 2.99. The maximum atomic E-state index is 11.9. The van der Waals surface area contributed by atoms with Crippen molar-refractivity contribution in [2.24, 2.45) is 4.99 Å². The van der Waals surface area contributed by atoms with Gasteiger partial charge in [0.1, 0.15) is 0 Å². The Bertz CT molecular complexity index is 781. The number of carbonyl (C=O) groups is 1. The fourth-order valence-corrected chi connectivity index (χ4v) is 2.27. The lowest BCUT2D eigenvalue weighted by Crippen LogP contribution is -2.05. The van der Waals surface area contributed by atoms with E-state index in [1.165, 1.54) is 0 Å². The maximum Gasteiger partial charge on any atom is 0.363 e. The van der Waals surface area contributed by atoms with E-state index in [2.05, 4.69) is 4.99 Å². The molecule has 3 rings (SSSR count). The SMILES string of the molecule is O=C1OC(c2cccc(Cl)c2)=N/C1=C/c1ccccc1Cl. The number of rotatable bonds is 2. The number of cyclic esters (lactones) is 1. The van der Waals surface area contributed by atoms with Crippen LogP contribution in [0.3, 0.4) is 0 Å². The van der Waals surface area contributed by atoms with Crippen LogP contribution in [0.1, 0.15) is 11.1 Å². The molecule has 0 atom stereocenters. The number of halogens is 2. The summed E-state index contributed by atoms with van der Waals surface area (Å²) in [7, 11) is 0. The largest absolute Gasteiger partial charge is 0.402 e. The molecule has 0 unspecified atom stereocenters. The van der Waals surface area contributed by atoms with Crippen molar-refractivity contribution < 1.29 is 9.53 Å². The Balaban J connectivity index is 1.98. The van der Waals surface area contributed by atoms with E-state index in [-0.39, 0.29) is 11.6 Å². The third-order valence-corrected chi connectivity index (χ3v) is 3.47. The van der Waals surface area contributed by atoms with Gasteiger partial charge in [-0.3, -0.25) is 0 Å². The molecule has 5 heteroatoms. The molecule has 0 saturated carbocycles. The van der Waals surface area contributed by atoms with E-state index in [1.54, 1.807) is 42.5 Å². The summed E-state index contributed by atoms with van der Waals surface area (Å²) in [6.45, 7) is 0. The molecule has 0 radical (unpaired) electrons. The van der Waals surface area contributed by atoms with Crippen LogP contribution in [-0.4, -0.2) is 11.9 Å². The molecule has 0 bridgehead atoms. The second-order valence-corrected chi connectivity index (χ2v) is 5.21. The average Bonchev–Trinajstić information content (AvgIpc) is 2.83. The van der Waals surface area contributed by atoms with Crippen molar-refractivity contribution in [3.05, 3.63) is 75.4 Å². The summed E-state index contributed by atoms with van der Waals surface area (Å²) in [5, 5.41) is 1.10. The number of nitrogens with zero attached hydrogens (tertiary/aromatic N) is 1. The molecule has 21 heavy (non-hydrogen) atoms. The minimum atomic E-state index is -0.509. The predicted octanol–water partition coefficient (Wildman–Crippen LogP) is 4.34. The molecule has 104 valence electrons. The van der Waals surface area contributed by atoms with E-state index in [0.29, 0.717) is 21.2 Å². The van der Waals surface area contributed by atoms with Gasteiger partial charge in [0, 0.05) is 15.6 Å². The second kappa shape index (κ2) is 5.72. The minimum Gasteiger partial charge on any atom is -0.402 e. The third-order valence-electron chi connectivity index (χ3n) is 2.89. The Morgan fingerprint density at radius 3 is 2.62 bits per heavy atom. The molecule has 1 aliphatic rings. The lowest BCUT2D eigenvalue weighted by atomic mass is 10.2. The van der Waals surface area contributed by atoms with Crippen LogP contribution < -0.4 is 0 Å². The zero-order valence-electron chi connectivity index (χ0n) is 10.7. The van der Waals surface area contributed by atoms with Gasteiger partial charge in [-0.15, -0.1) is 0 Å². The average molecular weight is 318 g/mol. The summed E-state index contributed by atoms with van der Waals surface area (Å²) >= 11 is 12.0. The Morgan fingerprint density at radius 1 is 1.05 bits per heavy atom. The van der Waals surface area contributed by atoms with Gasteiger partial charge in [0.2, 0.25) is 5.90 Å². The molecule has 1 aliphatic heterocycles. The standard InChI is InChI=1S/C16H9Cl2NO2/c17-12-6-3-5-11(8-12)15-19-14(16(20)21-15)9-10-4-1-2-7-13(10)18/h1-9H/b14-9+. The van der Waals surface area contributed by atoms with Crippen molar-refractivity contribution in [1.29, 1.82) is 0 Å². The first-order chi connectivity index (χ1) is 10.1. The highest BCUT2D eigenvalue weighted by Crippen LogP contribution is 2.23. The maximum absolute atomic E-state index is 11.9. The summed E-state index contributed by atoms with van der Waals surface area (Å²) in [4.78, 5) is 16.1. The summed E-state index contributed by atoms with van der Waals surface area (Å²) < 4.78 is 5.17. The van der Waals surface area contributed by atoms with Gasteiger partial charge in [0.15, 0.2) is 5.70 Å². The molecule has 0 N–H and O–H groups in total. The van der Waals surface area contributed by atoms with Crippen molar-refractivity contribution >= 4 is 41.1 Å².